The van der Waals surface area contributed by atoms with Gasteiger partial charge in [-0.3, -0.25) is 4.79 Å². The fourth-order valence-electron chi connectivity index (χ4n) is 2.41. The minimum atomic E-state index is -3.86. The number of hydrogen-bond acceptors (Lipinski definition) is 4. The zero-order valence-corrected chi connectivity index (χ0v) is 16.3. The van der Waals surface area contributed by atoms with Crippen LogP contribution < -0.4 is 14.8 Å². The summed E-state index contributed by atoms with van der Waals surface area (Å²) in [5.41, 5.74) is 1.40. The molecule has 146 valence electrons. The Morgan fingerprint density at radius 2 is 1.85 bits per heavy atom. The summed E-state index contributed by atoms with van der Waals surface area (Å²) in [5, 5.41) is 2.62. The molecule has 0 aromatic heterocycles. The van der Waals surface area contributed by atoms with Crippen LogP contribution in [0.2, 0.25) is 0 Å². The van der Waals surface area contributed by atoms with Crippen molar-refractivity contribution in [1.82, 2.24) is 10.0 Å². The molecule has 2 rings (SSSR count). The summed E-state index contributed by atoms with van der Waals surface area (Å²) >= 11 is 0. The normalized spacial score (nSPS) is 12.4. The second-order valence-corrected chi connectivity index (χ2v) is 7.76. The topological polar surface area (TPSA) is 84.5 Å². The first kappa shape index (κ1) is 20.9. The highest BCUT2D eigenvalue weighted by Crippen LogP contribution is 2.21. The van der Waals surface area contributed by atoms with Crippen LogP contribution in [0.4, 0.5) is 4.39 Å². The first-order valence-corrected chi connectivity index (χ1v) is 9.99. The second-order valence-electron chi connectivity index (χ2n) is 6.05. The lowest BCUT2D eigenvalue weighted by molar-refractivity contribution is -0.122. The molecule has 0 aliphatic carbocycles. The molecule has 0 aliphatic rings. The quantitative estimate of drug-likeness (QED) is 0.721. The molecule has 0 saturated heterocycles. The maximum atomic E-state index is 12.9. The van der Waals surface area contributed by atoms with E-state index >= 15 is 0 Å². The molecule has 0 aliphatic heterocycles. The molecule has 6 nitrogen and oxygen atoms in total. The summed E-state index contributed by atoms with van der Waals surface area (Å²) in [6.45, 7) is 5.71. The van der Waals surface area contributed by atoms with Crippen LogP contribution in [-0.4, -0.2) is 27.0 Å². The zero-order valence-electron chi connectivity index (χ0n) is 15.5. The molecule has 2 aromatic carbocycles. The van der Waals surface area contributed by atoms with Gasteiger partial charge in [-0.25, -0.2) is 12.8 Å². The van der Waals surface area contributed by atoms with Crippen molar-refractivity contribution < 1.29 is 22.3 Å². The van der Waals surface area contributed by atoms with Gasteiger partial charge in [-0.2, -0.15) is 4.72 Å². The predicted molar refractivity (Wildman–Crippen MR) is 100 cm³/mol. The number of carbonyl (C=O) groups excluding carboxylic acids is 1. The third-order valence-electron chi connectivity index (χ3n) is 3.86. The van der Waals surface area contributed by atoms with Crippen LogP contribution in [0.1, 0.15) is 25.0 Å². The molecule has 27 heavy (non-hydrogen) atoms. The molecule has 2 N–H and O–H groups in total. The van der Waals surface area contributed by atoms with E-state index in [1.165, 1.54) is 31.2 Å². The van der Waals surface area contributed by atoms with Gasteiger partial charge in [0, 0.05) is 6.54 Å². The van der Waals surface area contributed by atoms with Crippen LogP contribution in [-0.2, 0) is 21.4 Å². The van der Waals surface area contributed by atoms with Crippen LogP contribution in [0.5, 0.6) is 5.75 Å². The van der Waals surface area contributed by atoms with Crippen LogP contribution in [0, 0.1) is 12.7 Å². The fraction of sp³-hybridized carbons (Fsp3) is 0.316. The zero-order chi connectivity index (χ0) is 20.0. The van der Waals surface area contributed by atoms with Crippen LogP contribution in [0.15, 0.2) is 47.4 Å². The highest BCUT2D eigenvalue weighted by Gasteiger charge is 2.22. The molecular formula is C19H23FN2O4S. The molecular weight excluding hydrogens is 371 g/mol. The van der Waals surface area contributed by atoms with E-state index in [4.69, 9.17) is 4.74 Å². The van der Waals surface area contributed by atoms with E-state index in [2.05, 4.69) is 10.0 Å². The number of rotatable bonds is 8. The van der Waals surface area contributed by atoms with Gasteiger partial charge in [0.25, 0.3) is 0 Å². The summed E-state index contributed by atoms with van der Waals surface area (Å²) in [7, 11) is -3.86. The maximum absolute atomic E-state index is 12.9. The summed E-state index contributed by atoms with van der Waals surface area (Å²) in [6.07, 6.45) is 0. The van der Waals surface area contributed by atoms with Gasteiger partial charge < -0.3 is 10.1 Å². The first-order valence-electron chi connectivity index (χ1n) is 8.51. The Hall–Kier alpha value is -2.45. The second kappa shape index (κ2) is 8.96. The number of hydrogen-bond donors (Lipinski definition) is 2. The summed E-state index contributed by atoms with van der Waals surface area (Å²) in [4.78, 5) is 12.2. The number of benzene rings is 2. The molecule has 0 fully saturated rings. The van der Waals surface area contributed by atoms with Gasteiger partial charge >= 0.3 is 0 Å². The van der Waals surface area contributed by atoms with Gasteiger partial charge in [0.15, 0.2) is 0 Å². The van der Waals surface area contributed by atoms with Gasteiger partial charge in [0.2, 0.25) is 15.9 Å². The average molecular weight is 394 g/mol. The van der Waals surface area contributed by atoms with E-state index in [-0.39, 0.29) is 17.3 Å². The molecule has 0 radical (unpaired) electrons. The Balaban J connectivity index is 2.00. The number of halogens is 1. The third kappa shape index (κ3) is 5.77. The van der Waals surface area contributed by atoms with Crippen molar-refractivity contribution in [2.75, 3.05) is 6.61 Å². The number of nitrogens with one attached hydrogen (secondary N) is 2. The average Bonchev–Trinajstić information content (AvgIpc) is 2.62. The lowest BCUT2D eigenvalue weighted by atomic mass is 10.2. The van der Waals surface area contributed by atoms with E-state index in [9.17, 15) is 17.6 Å². The molecule has 0 heterocycles. The van der Waals surface area contributed by atoms with E-state index in [0.29, 0.717) is 23.5 Å². The van der Waals surface area contributed by atoms with Crippen LogP contribution in [0.25, 0.3) is 0 Å². The standard InChI is InChI=1S/C19H23FN2O4S/c1-4-26-18-10-9-17(11-13(18)2)27(24,25)22-14(3)19(23)21-12-15-5-7-16(20)8-6-15/h5-11,14,22H,4,12H2,1-3H3,(H,21,23). The van der Waals surface area contributed by atoms with E-state index in [0.717, 1.165) is 0 Å². The highest BCUT2D eigenvalue weighted by atomic mass is 32.2. The Kier molecular flexibility index (Phi) is 6.92. The van der Waals surface area contributed by atoms with Gasteiger partial charge in [-0.1, -0.05) is 12.1 Å². The summed E-state index contributed by atoms with van der Waals surface area (Å²) < 4.78 is 45.7. The largest absolute Gasteiger partial charge is 0.494 e. The Labute approximate surface area is 158 Å². The maximum Gasteiger partial charge on any atom is 0.241 e. The molecule has 1 unspecified atom stereocenters. The lowest BCUT2D eigenvalue weighted by Gasteiger charge is -2.15. The molecule has 1 atom stereocenters. The van der Waals surface area contributed by atoms with E-state index in [1.54, 1.807) is 25.1 Å². The van der Waals surface area contributed by atoms with Crippen molar-refractivity contribution >= 4 is 15.9 Å². The Morgan fingerprint density at radius 3 is 2.44 bits per heavy atom. The third-order valence-corrected chi connectivity index (χ3v) is 5.40. The minimum Gasteiger partial charge on any atom is -0.494 e. The van der Waals surface area contributed by atoms with Gasteiger partial charge in [-0.15, -0.1) is 0 Å². The molecule has 8 heteroatoms. The fourth-order valence-corrected chi connectivity index (χ4v) is 3.69. The van der Waals surface area contributed by atoms with Gasteiger partial charge in [-0.05, 0) is 62.2 Å². The monoisotopic (exact) mass is 394 g/mol. The van der Waals surface area contributed by atoms with Crippen LogP contribution >= 0.6 is 0 Å². The van der Waals surface area contributed by atoms with E-state index in [1.807, 2.05) is 6.92 Å². The Morgan fingerprint density at radius 1 is 1.19 bits per heavy atom. The molecule has 0 saturated carbocycles. The van der Waals surface area contributed by atoms with Crippen molar-refractivity contribution in [2.24, 2.45) is 0 Å². The minimum absolute atomic E-state index is 0.0571. The number of aryl methyl sites for hydroxylation is 1. The van der Waals surface area contributed by atoms with Crippen molar-refractivity contribution in [2.45, 2.75) is 38.3 Å². The first-order chi connectivity index (χ1) is 12.7. The van der Waals surface area contributed by atoms with Gasteiger partial charge in [0.1, 0.15) is 11.6 Å². The van der Waals surface area contributed by atoms with E-state index < -0.39 is 22.0 Å². The van der Waals surface area contributed by atoms with Crippen LogP contribution in [0.3, 0.4) is 0 Å². The molecule has 0 spiro atoms. The smallest absolute Gasteiger partial charge is 0.241 e. The van der Waals surface area contributed by atoms with Gasteiger partial charge in [0.05, 0.1) is 17.5 Å². The van der Waals surface area contributed by atoms with Crippen molar-refractivity contribution in [3.8, 4) is 5.75 Å². The van der Waals surface area contributed by atoms with Crippen molar-refractivity contribution in [1.29, 1.82) is 0 Å². The number of sulfonamides is 1. The van der Waals surface area contributed by atoms with Crippen molar-refractivity contribution in [3.63, 3.8) is 0 Å². The molecule has 1 amide bonds. The highest BCUT2D eigenvalue weighted by molar-refractivity contribution is 7.89. The Bertz CT molecular complexity index is 898. The number of ether oxygens (including phenoxy) is 1. The molecule has 2 aromatic rings. The predicted octanol–water partition coefficient (Wildman–Crippen LogP) is 2.52. The number of carbonyl (C=O) groups is 1. The lowest BCUT2D eigenvalue weighted by Crippen LogP contribution is -2.44. The molecule has 0 bridgehead atoms. The SMILES string of the molecule is CCOc1ccc(S(=O)(=O)NC(C)C(=O)NCc2ccc(F)cc2)cc1C. The summed E-state index contributed by atoms with van der Waals surface area (Å²) in [6, 6.07) is 9.23. The summed E-state index contributed by atoms with van der Waals surface area (Å²) in [5.74, 6) is -0.232. The van der Waals surface area contributed by atoms with Crippen molar-refractivity contribution in [3.05, 3.63) is 59.4 Å². The number of amides is 1.